The summed E-state index contributed by atoms with van der Waals surface area (Å²) < 4.78 is 5.87. The number of esters is 1. The molecule has 114 valence electrons. The highest BCUT2D eigenvalue weighted by Gasteiger charge is 2.30. The number of hydrogen-bond donors (Lipinski definition) is 0. The summed E-state index contributed by atoms with van der Waals surface area (Å²) in [5, 5.41) is 0. The average molecular weight is 352 g/mol. The second-order valence-electron chi connectivity index (χ2n) is 5.94. The first-order valence-electron chi connectivity index (χ1n) is 7.23. The molecule has 0 saturated carbocycles. The standard InChI is InChI=1S/C17H22BrNO2/c1-4-7-17(2)8-10-19(11-9-17)15-12-13(18)5-6-14(15)16(20)21-3/h4-6,12H,1,7-11H2,2-3H3. The van der Waals surface area contributed by atoms with Crippen LogP contribution in [0.15, 0.2) is 35.3 Å². The van der Waals surface area contributed by atoms with Gasteiger partial charge >= 0.3 is 5.97 Å². The summed E-state index contributed by atoms with van der Waals surface area (Å²) in [5.74, 6) is -0.281. The highest BCUT2D eigenvalue weighted by atomic mass is 79.9. The van der Waals surface area contributed by atoms with Crippen LogP contribution in [-0.2, 0) is 4.74 Å². The fourth-order valence-electron chi connectivity index (χ4n) is 2.89. The lowest BCUT2D eigenvalue weighted by molar-refractivity contribution is 0.0601. The van der Waals surface area contributed by atoms with Gasteiger partial charge in [0, 0.05) is 17.6 Å². The van der Waals surface area contributed by atoms with Crippen LogP contribution in [0.4, 0.5) is 5.69 Å². The normalized spacial score (nSPS) is 17.4. The van der Waals surface area contributed by atoms with Crippen molar-refractivity contribution in [1.29, 1.82) is 0 Å². The summed E-state index contributed by atoms with van der Waals surface area (Å²) in [6, 6.07) is 5.70. The van der Waals surface area contributed by atoms with Gasteiger partial charge in [-0.3, -0.25) is 0 Å². The first kappa shape index (κ1) is 16.1. The molecule has 21 heavy (non-hydrogen) atoms. The Kier molecular flexibility index (Phi) is 5.09. The summed E-state index contributed by atoms with van der Waals surface area (Å²) in [6.45, 7) is 8.07. The number of carbonyl (C=O) groups excluding carboxylic acids is 1. The van der Waals surface area contributed by atoms with Crippen LogP contribution in [0.2, 0.25) is 0 Å². The lowest BCUT2D eigenvalue weighted by Crippen LogP contribution is -2.39. The minimum Gasteiger partial charge on any atom is -0.465 e. The Morgan fingerprint density at radius 2 is 2.14 bits per heavy atom. The maximum atomic E-state index is 11.9. The van der Waals surface area contributed by atoms with Gasteiger partial charge in [-0.15, -0.1) is 6.58 Å². The predicted molar refractivity (Wildman–Crippen MR) is 89.8 cm³/mol. The maximum absolute atomic E-state index is 11.9. The van der Waals surface area contributed by atoms with Crippen molar-refractivity contribution >= 4 is 27.6 Å². The number of benzene rings is 1. The molecule has 0 N–H and O–H groups in total. The molecule has 0 bridgehead atoms. The van der Waals surface area contributed by atoms with E-state index in [0.717, 1.165) is 42.5 Å². The summed E-state index contributed by atoms with van der Waals surface area (Å²) in [4.78, 5) is 14.2. The molecular weight excluding hydrogens is 330 g/mol. The van der Waals surface area contributed by atoms with E-state index in [1.807, 2.05) is 24.3 Å². The van der Waals surface area contributed by atoms with Crippen molar-refractivity contribution in [3.63, 3.8) is 0 Å². The Labute approximate surface area is 135 Å². The number of piperidine rings is 1. The number of nitrogens with zero attached hydrogens (tertiary/aromatic N) is 1. The van der Waals surface area contributed by atoms with Gasteiger partial charge in [0.2, 0.25) is 0 Å². The number of methoxy groups -OCH3 is 1. The first-order chi connectivity index (χ1) is 9.99. The smallest absolute Gasteiger partial charge is 0.339 e. The Bertz CT molecular complexity index is 534. The Hall–Kier alpha value is -1.29. The van der Waals surface area contributed by atoms with E-state index < -0.39 is 0 Å². The fourth-order valence-corrected chi connectivity index (χ4v) is 3.24. The van der Waals surface area contributed by atoms with Crippen LogP contribution in [0.5, 0.6) is 0 Å². The van der Waals surface area contributed by atoms with E-state index in [1.54, 1.807) is 0 Å². The van der Waals surface area contributed by atoms with Gasteiger partial charge in [0.25, 0.3) is 0 Å². The van der Waals surface area contributed by atoms with E-state index >= 15 is 0 Å². The van der Waals surface area contributed by atoms with Crippen molar-refractivity contribution in [1.82, 2.24) is 0 Å². The number of allylic oxidation sites excluding steroid dienone is 1. The topological polar surface area (TPSA) is 29.5 Å². The van der Waals surface area contributed by atoms with Gasteiger partial charge in [-0.25, -0.2) is 4.79 Å². The molecule has 1 heterocycles. The molecular formula is C17H22BrNO2. The predicted octanol–water partition coefficient (Wildman–Crippen LogP) is 4.42. The first-order valence-corrected chi connectivity index (χ1v) is 8.02. The van der Waals surface area contributed by atoms with Crippen LogP contribution in [0.3, 0.4) is 0 Å². The molecule has 0 atom stereocenters. The zero-order chi connectivity index (χ0) is 15.5. The van der Waals surface area contributed by atoms with Crippen LogP contribution in [-0.4, -0.2) is 26.2 Å². The van der Waals surface area contributed by atoms with Gasteiger partial charge in [-0.1, -0.05) is 28.9 Å². The lowest BCUT2D eigenvalue weighted by Gasteiger charge is -2.40. The lowest BCUT2D eigenvalue weighted by atomic mass is 9.77. The molecule has 4 heteroatoms. The van der Waals surface area contributed by atoms with E-state index in [0.29, 0.717) is 11.0 Å². The third kappa shape index (κ3) is 3.67. The second-order valence-corrected chi connectivity index (χ2v) is 6.86. The molecule has 0 radical (unpaired) electrons. The zero-order valence-corrected chi connectivity index (χ0v) is 14.3. The highest BCUT2D eigenvalue weighted by Crippen LogP contribution is 2.37. The van der Waals surface area contributed by atoms with E-state index in [1.165, 1.54) is 7.11 Å². The van der Waals surface area contributed by atoms with Gasteiger partial charge in [0.1, 0.15) is 0 Å². The Morgan fingerprint density at radius 1 is 1.48 bits per heavy atom. The molecule has 3 nitrogen and oxygen atoms in total. The summed E-state index contributed by atoms with van der Waals surface area (Å²) in [6.07, 6.45) is 5.26. The minimum atomic E-state index is -0.281. The molecule has 0 aromatic heterocycles. The summed E-state index contributed by atoms with van der Waals surface area (Å²) in [5.41, 5.74) is 1.92. The molecule has 0 aliphatic carbocycles. The van der Waals surface area contributed by atoms with Crippen molar-refractivity contribution < 1.29 is 9.53 Å². The second kappa shape index (κ2) is 6.65. The number of hydrogen-bond acceptors (Lipinski definition) is 3. The van der Waals surface area contributed by atoms with Gasteiger partial charge in [-0.05, 0) is 42.9 Å². The Balaban J connectivity index is 2.21. The number of ether oxygens (including phenoxy) is 1. The number of carbonyl (C=O) groups is 1. The molecule has 1 aliphatic rings. The SMILES string of the molecule is C=CCC1(C)CCN(c2cc(Br)ccc2C(=O)OC)CC1. The van der Waals surface area contributed by atoms with E-state index in [2.05, 4.69) is 34.3 Å². The van der Waals surface area contributed by atoms with Crippen molar-refractivity contribution in [3.05, 3.63) is 40.9 Å². The number of rotatable bonds is 4. The number of anilines is 1. The van der Waals surface area contributed by atoms with Crippen molar-refractivity contribution in [3.8, 4) is 0 Å². The van der Waals surface area contributed by atoms with Crippen LogP contribution in [0.1, 0.15) is 36.5 Å². The summed E-state index contributed by atoms with van der Waals surface area (Å²) in [7, 11) is 1.42. The van der Waals surface area contributed by atoms with Crippen molar-refractivity contribution in [2.45, 2.75) is 26.2 Å². The quantitative estimate of drug-likeness (QED) is 0.594. The zero-order valence-electron chi connectivity index (χ0n) is 12.7. The van der Waals surface area contributed by atoms with Gasteiger partial charge in [0.15, 0.2) is 0 Å². The third-order valence-electron chi connectivity index (χ3n) is 4.31. The molecule has 0 amide bonds. The average Bonchev–Trinajstić information content (AvgIpc) is 2.47. The molecule has 1 saturated heterocycles. The van der Waals surface area contributed by atoms with E-state index in [-0.39, 0.29) is 5.97 Å². The van der Waals surface area contributed by atoms with Crippen LogP contribution < -0.4 is 4.90 Å². The van der Waals surface area contributed by atoms with E-state index in [9.17, 15) is 4.79 Å². The largest absolute Gasteiger partial charge is 0.465 e. The number of halogens is 1. The third-order valence-corrected chi connectivity index (χ3v) is 4.81. The van der Waals surface area contributed by atoms with Crippen molar-refractivity contribution in [2.75, 3.05) is 25.1 Å². The van der Waals surface area contributed by atoms with Gasteiger partial charge in [-0.2, -0.15) is 0 Å². The Morgan fingerprint density at radius 3 is 2.71 bits per heavy atom. The van der Waals surface area contributed by atoms with Gasteiger partial charge in [0.05, 0.1) is 18.4 Å². The highest BCUT2D eigenvalue weighted by molar-refractivity contribution is 9.10. The monoisotopic (exact) mass is 351 g/mol. The molecule has 1 aromatic carbocycles. The molecule has 1 aromatic rings. The molecule has 0 unspecified atom stereocenters. The fraction of sp³-hybridized carbons (Fsp3) is 0.471. The molecule has 1 aliphatic heterocycles. The molecule has 1 fully saturated rings. The maximum Gasteiger partial charge on any atom is 0.339 e. The van der Waals surface area contributed by atoms with Crippen LogP contribution in [0, 0.1) is 5.41 Å². The van der Waals surface area contributed by atoms with Gasteiger partial charge < -0.3 is 9.64 Å². The summed E-state index contributed by atoms with van der Waals surface area (Å²) >= 11 is 3.49. The minimum absolute atomic E-state index is 0.281. The van der Waals surface area contributed by atoms with E-state index in [4.69, 9.17) is 4.74 Å². The van der Waals surface area contributed by atoms with Crippen LogP contribution in [0.25, 0.3) is 0 Å². The molecule has 2 rings (SSSR count). The van der Waals surface area contributed by atoms with Crippen molar-refractivity contribution in [2.24, 2.45) is 5.41 Å². The van der Waals surface area contributed by atoms with Crippen LogP contribution >= 0.6 is 15.9 Å². The molecule has 0 spiro atoms.